The van der Waals surface area contributed by atoms with Gasteiger partial charge < -0.3 is 10.1 Å². The average Bonchev–Trinajstić information content (AvgIpc) is 2.41. The predicted molar refractivity (Wildman–Crippen MR) is 85.0 cm³/mol. The lowest BCUT2D eigenvalue weighted by molar-refractivity contribution is 0.482. The molecule has 0 saturated heterocycles. The summed E-state index contributed by atoms with van der Waals surface area (Å²) in [6.45, 7) is 5.01. The highest BCUT2D eigenvalue weighted by Gasteiger charge is 2.05. The third-order valence-corrected chi connectivity index (χ3v) is 3.30. The molecule has 0 unspecified atom stereocenters. The summed E-state index contributed by atoms with van der Waals surface area (Å²) in [5, 5.41) is 4.63. The highest BCUT2D eigenvalue weighted by Crippen LogP contribution is 2.30. The Morgan fingerprint density at radius 3 is 2.35 bits per heavy atom. The Balaban J connectivity index is 2.07. The van der Waals surface area contributed by atoms with Crippen molar-refractivity contribution < 1.29 is 4.74 Å². The minimum absolute atomic E-state index is 0.443. The second-order valence-electron chi connectivity index (χ2n) is 4.86. The summed E-state index contributed by atoms with van der Waals surface area (Å²) in [5.74, 6) is 1.35. The zero-order valence-corrected chi connectivity index (χ0v) is 13.0. The molecular weight excluding hydrogens is 293 g/mol. The van der Waals surface area contributed by atoms with E-state index in [1.54, 1.807) is 12.1 Å². The molecule has 0 fully saturated rings. The highest BCUT2D eigenvalue weighted by atomic mass is 35.5. The molecule has 2 rings (SSSR count). The van der Waals surface area contributed by atoms with E-state index in [1.165, 1.54) is 0 Å². The lowest BCUT2D eigenvalue weighted by atomic mass is 10.2. The van der Waals surface area contributed by atoms with Crippen molar-refractivity contribution in [3.63, 3.8) is 0 Å². The van der Waals surface area contributed by atoms with Crippen LogP contribution in [0.15, 0.2) is 42.5 Å². The highest BCUT2D eigenvalue weighted by molar-refractivity contribution is 6.32. The van der Waals surface area contributed by atoms with E-state index in [-0.39, 0.29) is 0 Å². The van der Waals surface area contributed by atoms with Crippen molar-refractivity contribution >= 4 is 23.2 Å². The molecule has 2 aromatic carbocycles. The van der Waals surface area contributed by atoms with Crippen molar-refractivity contribution in [2.75, 3.05) is 0 Å². The van der Waals surface area contributed by atoms with Gasteiger partial charge in [-0.2, -0.15) is 0 Å². The minimum atomic E-state index is 0.443. The molecule has 0 heterocycles. The Morgan fingerprint density at radius 2 is 1.75 bits per heavy atom. The van der Waals surface area contributed by atoms with Gasteiger partial charge in [0.15, 0.2) is 0 Å². The van der Waals surface area contributed by atoms with E-state index < -0.39 is 0 Å². The third kappa shape index (κ3) is 4.41. The van der Waals surface area contributed by atoms with Crippen LogP contribution in [0.1, 0.15) is 19.4 Å². The van der Waals surface area contributed by atoms with Crippen LogP contribution in [0.5, 0.6) is 11.5 Å². The van der Waals surface area contributed by atoms with Crippen molar-refractivity contribution in [1.82, 2.24) is 5.32 Å². The van der Waals surface area contributed by atoms with Gasteiger partial charge in [-0.3, -0.25) is 0 Å². The number of benzene rings is 2. The molecule has 20 heavy (non-hydrogen) atoms. The van der Waals surface area contributed by atoms with E-state index in [4.69, 9.17) is 27.9 Å². The summed E-state index contributed by atoms with van der Waals surface area (Å²) in [6, 6.07) is 13.4. The molecule has 2 nitrogen and oxygen atoms in total. The first kappa shape index (κ1) is 15.2. The van der Waals surface area contributed by atoms with E-state index in [2.05, 4.69) is 19.2 Å². The van der Waals surface area contributed by atoms with Crippen molar-refractivity contribution in [3.05, 3.63) is 58.1 Å². The van der Waals surface area contributed by atoms with E-state index in [1.807, 2.05) is 30.3 Å². The normalized spacial score (nSPS) is 10.8. The second kappa shape index (κ2) is 6.98. The molecule has 0 spiro atoms. The fourth-order valence-electron chi connectivity index (χ4n) is 1.69. The largest absolute Gasteiger partial charge is 0.456 e. The maximum absolute atomic E-state index is 6.25. The van der Waals surface area contributed by atoms with Crippen LogP contribution in [0.3, 0.4) is 0 Å². The molecule has 0 amide bonds. The van der Waals surface area contributed by atoms with Gasteiger partial charge in [0, 0.05) is 17.6 Å². The van der Waals surface area contributed by atoms with Crippen LogP contribution in [-0.2, 0) is 6.54 Å². The van der Waals surface area contributed by atoms with Gasteiger partial charge in [0.1, 0.15) is 11.5 Å². The average molecular weight is 310 g/mol. The fraction of sp³-hybridized carbons (Fsp3) is 0.250. The smallest absolute Gasteiger partial charge is 0.146 e. The molecule has 0 atom stereocenters. The van der Waals surface area contributed by atoms with Crippen LogP contribution in [0.4, 0.5) is 0 Å². The van der Waals surface area contributed by atoms with Gasteiger partial charge >= 0.3 is 0 Å². The zero-order valence-electron chi connectivity index (χ0n) is 11.5. The summed E-state index contributed by atoms with van der Waals surface area (Å²) >= 11 is 12.1. The predicted octanol–water partition coefficient (Wildman–Crippen LogP) is 5.28. The third-order valence-electron chi connectivity index (χ3n) is 2.75. The van der Waals surface area contributed by atoms with Crippen LogP contribution >= 0.6 is 23.2 Å². The Bertz CT molecular complexity index is 567. The summed E-state index contributed by atoms with van der Waals surface area (Å²) in [4.78, 5) is 0. The van der Waals surface area contributed by atoms with E-state index in [0.717, 1.165) is 12.1 Å². The van der Waals surface area contributed by atoms with Crippen molar-refractivity contribution in [2.45, 2.75) is 26.4 Å². The van der Waals surface area contributed by atoms with Gasteiger partial charge in [-0.25, -0.2) is 0 Å². The first-order valence-electron chi connectivity index (χ1n) is 6.50. The van der Waals surface area contributed by atoms with Gasteiger partial charge in [0.25, 0.3) is 0 Å². The molecule has 0 aliphatic heterocycles. The summed E-state index contributed by atoms with van der Waals surface area (Å²) in [5.41, 5.74) is 1.13. The molecule has 0 aliphatic carbocycles. The van der Waals surface area contributed by atoms with Crippen LogP contribution in [0.25, 0.3) is 0 Å². The number of halogens is 2. The number of rotatable bonds is 5. The standard InChI is InChI=1S/C16H17Cl2NO/c1-11(2)19-10-12-3-8-16(15(18)9-12)20-14-6-4-13(17)5-7-14/h3-9,11,19H,10H2,1-2H3. The summed E-state index contributed by atoms with van der Waals surface area (Å²) < 4.78 is 5.73. The van der Waals surface area contributed by atoms with E-state index >= 15 is 0 Å². The lowest BCUT2D eigenvalue weighted by Gasteiger charge is -2.11. The Kier molecular flexibility index (Phi) is 5.30. The van der Waals surface area contributed by atoms with Gasteiger partial charge in [-0.1, -0.05) is 43.1 Å². The lowest BCUT2D eigenvalue weighted by Crippen LogP contribution is -2.21. The molecular formula is C16H17Cl2NO. The Morgan fingerprint density at radius 1 is 1.05 bits per heavy atom. The number of nitrogens with one attached hydrogen (secondary N) is 1. The van der Waals surface area contributed by atoms with Gasteiger partial charge in [-0.05, 0) is 42.0 Å². The maximum atomic E-state index is 6.25. The van der Waals surface area contributed by atoms with Gasteiger partial charge in [-0.15, -0.1) is 0 Å². The molecule has 2 aromatic rings. The molecule has 0 aliphatic rings. The topological polar surface area (TPSA) is 21.3 Å². The first-order chi connectivity index (χ1) is 9.54. The van der Waals surface area contributed by atoms with Gasteiger partial charge in [0.2, 0.25) is 0 Å². The van der Waals surface area contributed by atoms with Crippen LogP contribution in [-0.4, -0.2) is 6.04 Å². The van der Waals surface area contributed by atoms with Crippen LogP contribution in [0.2, 0.25) is 10.0 Å². The molecule has 0 bridgehead atoms. The molecule has 0 aromatic heterocycles. The fourth-order valence-corrected chi connectivity index (χ4v) is 2.06. The zero-order chi connectivity index (χ0) is 14.5. The van der Waals surface area contributed by atoms with Crippen LogP contribution < -0.4 is 10.1 Å². The number of ether oxygens (including phenoxy) is 1. The SMILES string of the molecule is CC(C)NCc1ccc(Oc2ccc(Cl)cc2)c(Cl)c1. The Hall–Kier alpha value is -1.22. The van der Waals surface area contributed by atoms with Crippen molar-refractivity contribution in [3.8, 4) is 11.5 Å². The minimum Gasteiger partial charge on any atom is -0.456 e. The van der Waals surface area contributed by atoms with Gasteiger partial charge in [0.05, 0.1) is 5.02 Å². The number of hydrogen-bond acceptors (Lipinski definition) is 2. The molecule has 1 N–H and O–H groups in total. The first-order valence-corrected chi connectivity index (χ1v) is 7.25. The second-order valence-corrected chi connectivity index (χ2v) is 5.70. The van der Waals surface area contributed by atoms with Crippen molar-refractivity contribution in [2.24, 2.45) is 0 Å². The summed E-state index contributed by atoms with van der Waals surface area (Å²) in [6.07, 6.45) is 0. The molecule has 106 valence electrons. The van der Waals surface area contributed by atoms with Crippen molar-refractivity contribution in [1.29, 1.82) is 0 Å². The van der Waals surface area contributed by atoms with E-state index in [9.17, 15) is 0 Å². The number of hydrogen-bond donors (Lipinski definition) is 1. The molecule has 0 saturated carbocycles. The molecule has 0 radical (unpaired) electrons. The summed E-state index contributed by atoms with van der Waals surface area (Å²) in [7, 11) is 0. The monoisotopic (exact) mass is 309 g/mol. The maximum Gasteiger partial charge on any atom is 0.146 e. The Labute approximate surface area is 129 Å². The molecule has 4 heteroatoms. The quantitative estimate of drug-likeness (QED) is 0.811. The van der Waals surface area contributed by atoms with Crippen LogP contribution in [0, 0.1) is 0 Å². The van der Waals surface area contributed by atoms with E-state index in [0.29, 0.717) is 27.6 Å².